The standard InChI is InChI=1S/C22H27NO4/c1-16(2)21(22(25)27-15-18-7-5-4-6-8-18)23-13-20(24)26-14-19-11-9-17(3)10-12-19/h4-12,16,21,23H,13-15H2,1-3H3/t21-/m0/s1. The quantitative estimate of drug-likeness (QED) is 0.687. The molecule has 2 rings (SSSR count). The van der Waals surface area contributed by atoms with E-state index in [0.29, 0.717) is 0 Å². The van der Waals surface area contributed by atoms with Crippen molar-refractivity contribution in [2.24, 2.45) is 5.92 Å². The van der Waals surface area contributed by atoms with E-state index in [4.69, 9.17) is 9.47 Å². The first kappa shape index (κ1) is 20.6. The number of carbonyl (C=O) groups is 2. The highest BCUT2D eigenvalue weighted by Crippen LogP contribution is 2.08. The Labute approximate surface area is 160 Å². The van der Waals surface area contributed by atoms with Crippen LogP contribution in [0.5, 0.6) is 0 Å². The van der Waals surface area contributed by atoms with Crippen LogP contribution in [0.25, 0.3) is 0 Å². The van der Waals surface area contributed by atoms with Crippen molar-refractivity contribution in [2.75, 3.05) is 6.54 Å². The van der Waals surface area contributed by atoms with Crippen molar-refractivity contribution >= 4 is 11.9 Å². The molecular weight excluding hydrogens is 342 g/mol. The predicted octanol–water partition coefficient (Wildman–Crippen LogP) is 3.40. The third-order valence-corrected chi connectivity index (χ3v) is 4.13. The fraction of sp³-hybridized carbons (Fsp3) is 0.364. The zero-order chi connectivity index (χ0) is 19.6. The summed E-state index contributed by atoms with van der Waals surface area (Å²) in [5.41, 5.74) is 3.00. The second-order valence-corrected chi connectivity index (χ2v) is 6.84. The van der Waals surface area contributed by atoms with Crippen LogP contribution in [0, 0.1) is 12.8 Å². The van der Waals surface area contributed by atoms with E-state index in [-0.39, 0.29) is 31.6 Å². The number of rotatable bonds is 9. The lowest BCUT2D eigenvalue weighted by atomic mass is 10.0. The molecule has 0 saturated carbocycles. The van der Waals surface area contributed by atoms with Gasteiger partial charge in [0, 0.05) is 0 Å². The molecule has 2 aromatic rings. The van der Waals surface area contributed by atoms with Gasteiger partial charge >= 0.3 is 11.9 Å². The summed E-state index contributed by atoms with van der Waals surface area (Å²) in [6.45, 7) is 6.18. The number of aryl methyl sites for hydroxylation is 1. The van der Waals surface area contributed by atoms with Crippen LogP contribution in [0.4, 0.5) is 0 Å². The second kappa shape index (κ2) is 10.5. The van der Waals surface area contributed by atoms with E-state index >= 15 is 0 Å². The number of ether oxygens (including phenoxy) is 2. The Hall–Kier alpha value is -2.66. The lowest BCUT2D eigenvalue weighted by Gasteiger charge is -2.20. The average Bonchev–Trinajstić information content (AvgIpc) is 2.66. The molecule has 27 heavy (non-hydrogen) atoms. The number of hydrogen-bond donors (Lipinski definition) is 1. The van der Waals surface area contributed by atoms with Crippen molar-refractivity contribution < 1.29 is 19.1 Å². The van der Waals surface area contributed by atoms with Gasteiger partial charge in [0.2, 0.25) is 0 Å². The third kappa shape index (κ3) is 7.23. The van der Waals surface area contributed by atoms with Crippen LogP contribution in [0.1, 0.15) is 30.5 Å². The van der Waals surface area contributed by atoms with Crippen molar-refractivity contribution in [3.05, 3.63) is 71.3 Å². The highest BCUT2D eigenvalue weighted by Gasteiger charge is 2.24. The van der Waals surface area contributed by atoms with Gasteiger partial charge in [0.1, 0.15) is 19.3 Å². The Balaban J connectivity index is 1.77. The van der Waals surface area contributed by atoms with Crippen LogP contribution < -0.4 is 5.32 Å². The molecule has 5 nitrogen and oxygen atoms in total. The smallest absolute Gasteiger partial charge is 0.323 e. The summed E-state index contributed by atoms with van der Waals surface area (Å²) in [6.07, 6.45) is 0. The van der Waals surface area contributed by atoms with Gasteiger partial charge in [0.25, 0.3) is 0 Å². The minimum absolute atomic E-state index is 0.0156. The molecule has 5 heteroatoms. The van der Waals surface area contributed by atoms with Crippen molar-refractivity contribution in [1.82, 2.24) is 5.32 Å². The van der Waals surface area contributed by atoms with Gasteiger partial charge in [0.15, 0.2) is 0 Å². The molecule has 2 aromatic carbocycles. The summed E-state index contributed by atoms with van der Waals surface area (Å²) in [4.78, 5) is 24.3. The van der Waals surface area contributed by atoms with Gasteiger partial charge < -0.3 is 9.47 Å². The fourth-order valence-electron chi connectivity index (χ4n) is 2.50. The first-order valence-electron chi connectivity index (χ1n) is 9.11. The van der Waals surface area contributed by atoms with Crippen molar-refractivity contribution in [1.29, 1.82) is 0 Å². The lowest BCUT2D eigenvalue weighted by Crippen LogP contribution is -2.44. The number of nitrogens with one attached hydrogen (secondary N) is 1. The molecule has 0 aliphatic rings. The van der Waals surface area contributed by atoms with E-state index in [0.717, 1.165) is 16.7 Å². The summed E-state index contributed by atoms with van der Waals surface area (Å²) in [5.74, 6) is -0.796. The molecule has 0 aliphatic heterocycles. The molecule has 1 atom stereocenters. The summed E-state index contributed by atoms with van der Waals surface area (Å²) in [7, 11) is 0. The molecule has 0 unspecified atom stereocenters. The van der Waals surface area contributed by atoms with Crippen LogP contribution in [-0.2, 0) is 32.3 Å². The summed E-state index contributed by atoms with van der Waals surface area (Å²) >= 11 is 0. The first-order valence-corrected chi connectivity index (χ1v) is 9.11. The Morgan fingerprint density at radius 3 is 2.11 bits per heavy atom. The molecule has 0 heterocycles. The SMILES string of the molecule is Cc1ccc(COC(=O)CN[C@H](C(=O)OCc2ccccc2)C(C)C)cc1. The zero-order valence-corrected chi connectivity index (χ0v) is 16.1. The topological polar surface area (TPSA) is 64.6 Å². The molecule has 0 aromatic heterocycles. The van der Waals surface area contributed by atoms with Gasteiger partial charge in [-0.2, -0.15) is 0 Å². The van der Waals surface area contributed by atoms with E-state index < -0.39 is 12.0 Å². The maximum Gasteiger partial charge on any atom is 0.323 e. The van der Waals surface area contributed by atoms with Crippen LogP contribution in [0.15, 0.2) is 54.6 Å². The Bertz CT molecular complexity index is 726. The van der Waals surface area contributed by atoms with E-state index in [1.807, 2.05) is 75.4 Å². The van der Waals surface area contributed by atoms with Gasteiger partial charge in [-0.05, 0) is 24.0 Å². The van der Waals surface area contributed by atoms with Crippen LogP contribution in [0.2, 0.25) is 0 Å². The molecule has 0 amide bonds. The molecule has 0 fully saturated rings. The summed E-state index contributed by atoms with van der Waals surface area (Å²) in [5, 5.41) is 2.95. The molecule has 0 aliphatic carbocycles. The highest BCUT2D eigenvalue weighted by atomic mass is 16.5. The molecule has 0 spiro atoms. The summed E-state index contributed by atoms with van der Waals surface area (Å²) in [6, 6.07) is 16.7. The molecule has 1 N–H and O–H groups in total. The van der Waals surface area contributed by atoms with Crippen molar-refractivity contribution in [3.63, 3.8) is 0 Å². The van der Waals surface area contributed by atoms with Gasteiger partial charge in [-0.1, -0.05) is 74.0 Å². The third-order valence-electron chi connectivity index (χ3n) is 4.13. The molecular formula is C22H27NO4. The minimum atomic E-state index is -0.569. The van der Waals surface area contributed by atoms with E-state index in [2.05, 4.69) is 5.32 Å². The highest BCUT2D eigenvalue weighted by molar-refractivity contribution is 5.78. The maximum atomic E-state index is 12.3. The number of hydrogen-bond acceptors (Lipinski definition) is 5. The fourth-order valence-corrected chi connectivity index (χ4v) is 2.50. The van der Waals surface area contributed by atoms with Crippen LogP contribution in [0.3, 0.4) is 0 Å². The van der Waals surface area contributed by atoms with Crippen LogP contribution >= 0.6 is 0 Å². The number of carbonyl (C=O) groups excluding carboxylic acids is 2. The van der Waals surface area contributed by atoms with E-state index in [9.17, 15) is 9.59 Å². The van der Waals surface area contributed by atoms with Crippen LogP contribution in [-0.4, -0.2) is 24.5 Å². The van der Waals surface area contributed by atoms with Gasteiger partial charge in [-0.15, -0.1) is 0 Å². The number of benzene rings is 2. The largest absolute Gasteiger partial charge is 0.460 e. The predicted molar refractivity (Wildman–Crippen MR) is 104 cm³/mol. The van der Waals surface area contributed by atoms with E-state index in [1.54, 1.807) is 0 Å². The Morgan fingerprint density at radius 1 is 0.889 bits per heavy atom. The van der Waals surface area contributed by atoms with E-state index in [1.165, 1.54) is 0 Å². The van der Waals surface area contributed by atoms with Gasteiger partial charge in [-0.3, -0.25) is 14.9 Å². The van der Waals surface area contributed by atoms with Crippen molar-refractivity contribution in [3.8, 4) is 0 Å². The average molecular weight is 369 g/mol. The Morgan fingerprint density at radius 2 is 1.48 bits per heavy atom. The number of esters is 2. The lowest BCUT2D eigenvalue weighted by molar-refractivity contribution is -0.149. The minimum Gasteiger partial charge on any atom is -0.460 e. The normalized spacial score (nSPS) is 11.9. The van der Waals surface area contributed by atoms with Crippen molar-refractivity contribution in [2.45, 2.75) is 40.0 Å². The molecule has 0 bridgehead atoms. The van der Waals surface area contributed by atoms with Gasteiger partial charge in [0.05, 0.1) is 6.54 Å². The second-order valence-electron chi connectivity index (χ2n) is 6.84. The summed E-state index contributed by atoms with van der Waals surface area (Å²) < 4.78 is 10.6. The molecule has 144 valence electrons. The monoisotopic (exact) mass is 369 g/mol. The zero-order valence-electron chi connectivity index (χ0n) is 16.1. The Kier molecular flexibility index (Phi) is 8.01. The first-order chi connectivity index (χ1) is 13.0. The molecule has 0 radical (unpaired) electrons. The van der Waals surface area contributed by atoms with Gasteiger partial charge in [-0.25, -0.2) is 0 Å². The molecule has 0 saturated heterocycles. The maximum absolute atomic E-state index is 12.3.